The molecule has 0 aromatic heterocycles. The van der Waals surface area contributed by atoms with Crippen LogP contribution in [0.2, 0.25) is 0 Å². The molecular formula is C28H28N4O2. The van der Waals surface area contributed by atoms with Gasteiger partial charge in [0.05, 0.1) is 6.04 Å². The summed E-state index contributed by atoms with van der Waals surface area (Å²) in [4.78, 5) is 15.2. The van der Waals surface area contributed by atoms with Gasteiger partial charge in [-0.3, -0.25) is 9.69 Å². The number of anilines is 1. The third kappa shape index (κ3) is 3.51. The first-order valence-corrected chi connectivity index (χ1v) is 11.8. The van der Waals surface area contributed by atoms with Crippen LogP contribution in [0.5, 0.6) is 5.75 Å². The average Bonchev–Trinajstić information content (AvgIpc) is 3.37. The molecule has 5 N–H and O–H groups in total. The summed E-state index contributed by atoms with van der Waals surface area (Å²) < 4.78 is 0. The minimum Gasteiger partial charge on any atom is -0.508 e. The van der Waals surface area contributed by atoms with Crippen molar-refractivity contribution in [2.75, 3.05) is 25.0 Å². The summed E-state index contributed by atoms with van der Waals surface area (Å²) in [5.74, 6) is 0.148. The van der Waals surface area contributed by atoms with Crippen molar-refractivity contribution in [2.45, 2.75) is 24.4 Å². The molecule has 3 aromatic carbocycles. The maximum Gasteiger partial charge on any atom is 0.252 e. The Kier molecular flexibility index (Phi) is 5.03. The van der Waals surface area contributed by atoms with Crippen LogP contribution >= 0.6 is 0 Å². The molecule has 0 spiro atoms. The molecule has 34 heavy (non-hydrogen) atoms. The minimum atomic E-state index is -0.199. The van der Waals surface area contributed by atoms with E-state index in [-0.39, 0.29) is 29.7 Å². The number of carbonyl (C=O) groups excluding carboxylic acids is 1. The number of amides is 1. The number of rotatable bonds is 4. The first kappa shape index (κ1) is 20.8. The summed E-state index contributed by atoms with van der Waals surface area (Å²) in [5.41, 5.74) is 13.6. The van der Waals surface area contributed by atoms with Crippen LogP contribution in [-0.4, -0.2) is 41.6 Å². The van der Waals surface area contributed by atoms with Crippen molar-refractivity contribution in [3.63, 3.8) is 0 Å². The van der Waals surface area contributed by atoms with Gasteiger partial charge in [0, 0.05) is 55.0 Å². The lowest BCUT2D eigenvalue weighted by molar-refractivity contribution is 0.0950. The van der Waals surface area contributed by atoms with E-state index in [2.05, 4.69) is 51.9 Å². The van der Waals surface area contributed by atoms with Gasteiger partial charge < -0.3 is 21.5 Å². The van der Waals surface area contributed by atoms with E-state index in [1.165, 1.54) is 16.7 Å². The average molecular weight is 453 g/mol. The normalized spacial score (nSPS) is 23.9. The van der Waals surface area contributed by atoms with Crippen LogP contribution in [0.3, 0.4) is 0 Å². The highest BCUT2D eigenvalue weighted by atomic mass is 16.3. The van der Waals surface area contributed by atoms with Crippen LogP contribution in [0, 0.1) is 0 Å². The molecule has 3 aromatic rings. The van der Waals surface area contributed by atoms with Crippen LogP contribution in [0.25, 0.3) is 5.57 Å². The molecule has 6 nitrogen and oxygen atoms in total. The largest absolute Gasteiger partial charge is 0.508 e. The van der Waals surface area contributed by atoms with E-state index < -0.39 is 0 Å². The molecule has 6 heteroatoms. The van der Waals surface area contributed by atoms with Crippen molar-refractivity contribution >= 4 is 17.2 Å². The Morgan fingerprint density at radius 1 is 0.971 bits per heavy atom. The van der Waals surface area contributed by atoms with Gasteiger partial charge in [0.2, 0.25) is 0 Å². The third-order valence-corrected chi connectivity index (χ3v) is 7.40. The van der Waals surface area contributed by atoms with E-state index in [4.69, 9.17) is 5.73 Å². The standard InChI is InChI=1S/C28H28N4O2/c29-23-12-13-32(15-22(23)17-6-2-1-3-7-17)16-25-26(20-8-4-5-9-24(20)30-25)27-21-14-18(33)10-11-19(21)28(34)31-27/h1-11,14,25-27,30,33H,12-13,15-16,29H2,(H,31,34). The number of phenols is 1. The summed E-state index contributed by atoms with van der Waals surface area (Å²) >= 11 is 0. The van der Waals surface area contributed by atoms with Crippen LogP contribution in [0.1, 0.15) is 45.4 Å². The monoisotopic (exact) mass is 452 g/mol. The molecule has 0 bridgehead atoms. The second-order valence-corrected chi connectivity index (χ2v) is 9.44. The molecule has 0 saturated heterocycles. The van der Waals surface area contributed by atoms with Gasteiger partial charge in [0.15, 0.2) is 0 Å². The predicted molar refractivity (Wildman–Crippen MR) is 134 cm³/mol. The number of nitrogens with zero attached hydrogens (tertiary/aromatic N) is 1. The Labute approximate surface area is 199 Å². The molecule has 172 valence electrons. The van der Waals surface area contributed by atoms with Crippen molar-refractivity contribution in [1.29, 1.82) is 0 Å². The van der Waals surface area contributed by atoms with E-state index in [1.807, 2.05) is 18.2 Å². The highest BCUT2D eigenvalue weighted by Gasteiger charge is 2.44. The van der Waals surface area contributed by atoms with Crippen LogP contribution < -0.4 is 16.4 Å². The molecule has 3 heterocycles. The lowest BCUT2D eigenvalue weighted by Gasteiger charge is -2.35. The zero-order valence-electron chi connectivity index (χ0n) is 18.9. The third-order valence-electron chi connectivity index (χ3n) is 7.40. The summed E-state index contributed by atoms with van der Waals surface area (Å²) in [6.45, 7) is 2.52. The number of para-hydroxylation sites is 1. The van der Waals surface area contributed by atoms with Crippen molar-refractivity contribution in [3.8, 4) is 5.75 Å². The second kappa shape index (κ2) is 8.22. The van der Waals surface area contributed by atoms with Crippen molar-refractivity contribution in [2.24, 2.45) is 5.73 Å². The number of hydrogen-bond donors (Lipinski definition) is 4. The highest BCUT2D eigenvalue weighted by Crippen LogP contribution is 2.47. The van der Waals surface area contributed by atoms with Gasteiger partial charge >= 0.3 is 0 Å². The molecule has 3 atom stereocenters. The quantitative estimate of drug-likeness (QED) is 0.483. The van der Waals surface area contributed by atoms with Gasteiger partial charge in [-0.05, 0) is 46.5 Å². The van der Waals surface area contributed by atoms with E-state index in [0.717, 1.165) is 43.0 Å². The molecule has 0 radical (unpaired) electrons. The molecule has 3 aliphatic heterocycles. The van der Waals surface area contributed by atoms with Gasteiger partial charge in [-0.25, -0.2) is 0 Å². The maximum absolute atomic E-state index is 12.7. The fourth-order valence-corrected chi connectivity index (χ4v) is 5.77. The molecule has 1 amide bonds. The topological polar surface area (TPSA) is 90.6 Å². The lowest BCUT2D eigenvalue weighted by Crippen LogP contribution is -2.43. The molecule has 6 rings (SSSR count). The molecule has 3 unspecified atom stereocenters. The second-order valence-electron chi connectivity index (χ2n) is 9.44. The van der Waals surface area contributed by atoms with E-state index in [1.54, 1.807) is 18.2 Å². The van der Waals surface area contributed by atoms with Gasteiger partial charge in [-0.2, -0.15) is 0 Å². The Balaban J connectivity index is 1.31. The van der Waals surface area contributed by atoms with Crippen LogP contribution in [0.15, 0.2) is 78.5 Å². The Morgan fingerprint density at radius 2 is 1.76 bits per heavy atom. The van der Waals surface area contributed by atoms with Gasteiger partial charge in [0.25, 0.3) is 5.91 Å². The van der Waals surface area contributed by atoms with Crippen molar-refractivity contribution in [1.82, 2.24) is 10.2 Å². The Bertz CT molecular complexity index is 1290. The molecule has 0 saturated carbocycles. The lowest BCUT2D eigenvalue weighted by atomic mass is 9.84. The number of fused-ring (bicyclic) bond motifs is 2. The zero-order chi connectivity index (χ0) is 23.2. The van der Waals surface area contributed by atoms with E-state index in [9.17, 15) is 9.90 Å². The van der Waals surface area contributed by atoms with Crippen molar-refractivity contribution in [3.05, 3.63) is 101 Å². The number of nitrogens with two attached hydrogens (primary N) is 1. The predicted octanol–water partition coefficient (Wildman–Crippen LogP) is 3.83. The van der Waals surface area contributed by atoms with Gasteiger partial charge in [-0.1, -0.05) is 48.5 Å². The fourth-order valence-electron chi connectivity index (χ4n) is 5.77. The Morgan fingerprint density at radius 3 is 2.62 bits per heavy atom. The SMILES string of the molecule is NC1=C(c2ccccc2)CN(CC2Nc3ccccc3C2C2NC(=O)c3ccc(O)cc32)CC1. The summed E-state index contributed by atoms with van der Waals surface area (Å²) in [6, 6.07) is 23.6. The van der Waals surface area contributed by atoms with Crippen LogP contribution in [-0.2, 0) is 0 Å². The molecule has 0 fully saturated rings. The molecular weight excluding hydrogens is 424 g/mol. The maximum atomic E-state index is 12.7. The highest BCUT2D eigenvalue weighted by molar-refractivity contribution is 5.99. The number of aromatic hydroxyl groups is 1. The smallest absolute Gasteiger partial charge is 0.252 e. The molecule has 3 aliphatic rings. The van der Waals surface area contributed by atoms with Gasteiger partial charge in [0.1, 0.15) is 5.75 Å². The Hall–Kier alpha value is -3.77. The van der Waals surface area contributed by atoms with E-state index >= 15 is 0 Å². The summed E-state index contributed by atoms with van der Waals surface area (Å²) in [7, 11) is 0. The first-order valence-electron chi connectivity index (χ1n) is 11.8. The summed E-state index contributed by atoms with van der Waals surface area (Å²) in [5, 5.41) is 17.1. The number of phenolic OH excluding ortho intramolecular Hbond substituents is 1. The minimum absolute atomic E-state index is 0.0478. The summed E-state index contributed by atoms with van der Waals surface area (Å²) in [6.07, 6.45) is 0.839. The molecule has 0 aliphatic carbocycles. The van der Waals surface area contributed by atoms with Gasteiger partial charge in [-0.15, -0.1) is 0 Å². The van der Waals surface area contributed by atoms with E-state index in [0.29, 0.717) is 5.56 Å². The number of hydrogen-bond acceptors (Lipinski definition) is 5. The fraction of sp³-hybridized carbons (Fsp3) is 0.250. The number of benzene rings is 3. The van der Waals surface area contributed by atoms with Crippen LogP contribution in [0.4, 0.5) is 5.69 Å². The number of carbonyl (C=O) groups is 1. The van der Waals surface area contributed by atoms with Crippen molar-refractivity contribution < 1.29 is 9.90 Å². The first-order chi connectivity index (χ1) is 16.6. The zero-order valence-corrected chi connectivity index (χ0v) is 18.9. The number of nitrogens with one attached hydrogen (secondary N) is 2.